The van der Waals surface area contributed by atoms with Crippen LogP contribution < -0.4 is 20.9 Å². The number of anilines is 2. The number of benzene rings is 1. The van der Waals surface area contributed by atoms with Crippen LogP contribution in [0.25, 0.3) is 11.0 Å². The van der Waals surface area contributed by atoms with Crippen LogP contribution in [0.4, 0.5) is 11.8 Å². The highest BCUT2D eigenvalue weighted by Gasteiger charge is 2.08. The van der Waals surface area contributed by atoms with Gasteiger partial charge in [0.25, 0.3) is 0 Å². The van der Waals surface area contributed by atoms with Crippen molar-refractivity contribution in [1.29, 1.82) is 0 Å². The molecule has 0 amide bonds. The van der Waals surface area contributed by atoms with Crippen LogP contribution in [0.1, 0.15) is 11.1 Å². The molecular weight excluding hydrogens is 294 g/mol. The van der Waals surface area contributed by atoms with Crippen LogP contribution in [0.5, 0.6) is 11.5 Å². The minimum Gasteiger partial charge on any atom is -0.493 e. The van der Waals surface area contributed by atoms with Crippen LogP contribution in [0, 0.1) is 0 Å². The molecule has 4 N–H and O–H groups in total. The lowest BCUT2D eigenvalue weighted by atomic mass is 10.1. The molecule has 23 heavy (non-hydrogen) atoms. The van der Waals surface area contributed by atoms with Crippen molar-refractivity contribution >= 4 is 22.8 Å². The molecule has 1 aromatic carbocycles. The second kappa shape index (κ2) is 5.96. The summed E-state index contributed by atoms with van der Waals surface area (Å²) in [5, 5.41) is 0.692. The van der Waals surface area contributed by atoms with Crippen molar-refractivity contribution in [3.63, 3.8) is 0 Å². The summed E-state index contributed by atoms with van der Waals surface area (Å²) in [5.74, 6) is 1.83. The van der Waals surface area contributed by atoms with Gasteiger partial charge in [0.05, 0.1) is 19.6 Å². The summed E-state index contributed by atoms with van der Waals surface area (Å²) in [7, 11) is 3.22. The molecule has 0 saturated carbocycles. The van der Waals surface area contributed by atoms with Gasteiger partial charge in [-0.3, -0.25) is 0 Å². The summed E-state index contributed by atoms with van der Waals surface area (Å²) in [6.45, 7) is 0. The van der Waals surface area contributed by atoms with Gasteiger partial charge < -0.3 is 20.9 Å². The van der Waals surface area contributed by atoms with E-state index < -0.39 is 0 Å². The third-order valence-electron chi connectivity index (χ3n) is 3.51. The van der Waals surface area contributed by atoms with E-state index in [4.69, 9.17) is 20.9 Å². The van der Waals surface area contributed by atoms with Crippen molar-refractivity contribution in [1.82, 2.24) is 15.0 Å². The second-order valence-corrected chi connectivity index (χ2v) is 5.05. The van der Waals surface area contributed by atoms with E-state index >= 15 is 0 Å². The van der Waals surface area contributed by atoms with E-state index in [-0.39, 0.29) is 5.95 Å². The Kier molecular flexibility index (Phi) is 3.84. The Labute approximate surface area is 133 Å². The van der Waals surface area contributed by atoms with Gasteiger partial charge in [-0.05, 0) is 35.7 Å². The van der Waals surface area contributed by atoms with E-state index in [1.807, 2.05) is 24.3 Å². The predicted octanol–water partition coefficient (Wildman–Crippen LogP) is 1.80. The fourth-order valence-electron chi connectivity index (χ4n) is 2.42. The summed E-state index contributed by atoms with van der Waals surface area (Å²) in [4.78, 5) is 12.3. The molecule has 7 heteroatoms. The van der Waals surface area contributed by atoms with Gasteiger partial charge in [-0.2, -0.15) is 9.97 Å². The topological polar surface area (TPSA) is 109 Å². The monoisotopic (exact) mass is 311 g/mol. The Bertz CT molecular complexity index is 866. The number of aromatic nitrogens is 3. The van der Waals surface area contributed by atoms with Crippen molar-refractivity contribution in [2.24, 2.45) is 0 Å². The normalized spacial score (nSPS) is 10.7. The molecule has 3 aromatic rings. The summed E-state index contributed by atoms with van der Waals surface area (Å²) in [6.07, 6.45) is 2.43. The second-order valence-electron chi connectivity index (χ2n) is 5.05. The molecule has 0 unspecified atom stereocenters. The maximum absolute atomic E-state index is 5.90. The van der Waals surface area contributed by atoms with Crippen molar-refractivity contribution in [2.75, 3.05) is 25.7 Å². The zero-order valence-corrected chi connectivity index (χ0v) is 12.9. The summed E-state index contributed by atoms with van der Waals surface area (Å²) in [5.41, 5.74) is 14.0. The van der Waals surface area contributed by atoms with E-state index in [1.54, 1.807) is 20.4 Å². The first-order valence-electron chi connectivity index (χ1n) is 6.99. The van der Waals surface area contributed by atoms with Gasteiger partial charge >= 0.3 is 0 Å². The van der Waals surface area contributed by atoms with Crippen molar-refractivity contribution in [2.45, 2.75) is 6.42 Å². The first-order valence-corrected chi connectivity index (χ1v) is 6.99. The minimum atomic E-state index is 0.121. The number of rotatable bonds is 4. The number of nitrogen functional groups attached to an aromatic ring is 2. The Morgan fingerprint density at radius 2 is 1.74 bits per heavy atom. The maximum atomic E-state index is 5.90. The van der Waals surface area contributed by atoms with Crippen molar-refractivity contribution in [3.05, 3.63) is 41.6 Å². The molecule has 0 radical (unpaired) electrons. The molecule has 7 nitrogen and oxygen atoms in total. The number of nitrogens with two attached hydrogens (primary N) is 2. The van der Waals surface area contributed by atoms with E-state index in [9.17, 15) is 0 Å². The molecule has 2 heterocycles. The zero-order valence-electron chi connectivity index (χ0n) is 12.9. The summed E-state index contributed by atoms with van der Waals surface area (Å²) < 4.78 is 10.6. The van der Waals surface area contributed by atoms with Gasteiger partial charge in [-0.15, -0.1) is 0 Å². The average molecular weight is 311 g/mol. The quantitative estimate of drug-likeness (QED) is 0.756. The van der Waals surface area contributed by atoms with Crippen molar-refractivity contribution in [3.8, 4) is 11.5 Å². The summed E-state index contributed by atoms with van der Waals surface area (Å²) in [6, 6.07) is 7.72. The fourth-order valence-corrected chi connectivity index (χ4v) is 2.42. The van der Waals surface area contributed by atoms with Gasteiger partial charge in [0.15, 0.2) is 17.1 Å². The third kappa shape index (κ3) is 2.94. The van der Waals surface area contributed by atoms with Gasteiger partial charge in [-0.25, -0.2) is 4.98 Å². The Balaban J connectivity index is 1.95. The number of ether oxygens (including phenoxy) is 2. The molecule has 0 bridgehead atoms. The third-order valence-corrected chi connectivity index (χ3v) is 3.51. The van der Waals surface area contributed by atoms with Crippen LogP contribution in [0.15, 0.2) is 30.5 Å². The number of hydrogen-bond acceptors (Lipinski definition) is 7. The molecule has 0 aliphatic rings. The predicted molar refractivity (Wildman–Crippen MR) is 88.5 cm³/mol. The van der Waals surface area contributed by atoms with E-state index in [0.29, 0.717) is 34.8 Å². The summed E-state index contributed by atoms with van der Waals surface area (Å²) >= 11 is 0. The highest BCUT2D eigenvalue weighted by Crippen LogP contribution is 2.29. The lowest BCUT2D eigenvalue weighted by Crippen LogP contribution is -2.02. The standard InChI is InChI=1S/C16H17N5O2/c1-22-12-4-3-9(7-13(12)23-2)5-10-6-11-14(17)20-16(18)21-15(11)19-8-10/h3-4,6-8H,5H2,1-2H3,(H4,17,18,19,20,21). The molecule has 0 aliphatic carbocycles. The number of hydrogen-bond donors (Lipinski definition) is 2. The first-order chi connectivity index (χ1) is 11.1. The van der Waals surface area contributed by atoms with Gasteiger partial charge in [0, 0.05) is 6.20 Å². The maximum Gasteiger partial charge on any atom is 0.224 e. The van der Waals surface area contributed by atoms with Crippen LogP contribution >= 0.6 is 0 Å². The largest absolute Gasteiger partial charge is 0.493 e. The Morgan fingerprint density at radius 3 is 2.48 bits per heavy atom. The van der Waals surface area contributed by atoms with Gasteiger partial charge in [0.1, 0.15) is 5.82 Å². The molecule has 2 aromatic heterocycles. The zero-order chi connectivity index (χ0) is 16.4. The highest BCUT2D eigenvalue weighted by atomic mass is 16.5. The molecule has 0 spiro atoms. The fraction of sp³-hybridized carbons (Fsp3) is 0.188. The molecule has 0 fully saturated rings. The number of methoxy groups -OCH3 is 2. The first kappa shape index (κ1) is 14.8. The van der Waals surface area contributed by atoms with Gasteiger partial charge in [0.2, 0.25) is 5.95 Å². The Morgan fingerprint density at radius 1 is 0.957 bits per heavy atom. The van der Waals surface area contributed by atoms with Crippen LogP contribution in [-0.4, -0.2) is 29.2 Å². The highest BCUT2D eigenvalue weighted by molar-refractivity contribution is 5.86. The molecule has 118 valence electrons. The number of nitrogens with zero attached hydrogens (tertiary/aromatic N) is 3. The lowest BCUT2D eigenvalue weighted by Gasteiger charge is -2.10. The minimum absolute atomic E-state index is 0.121. The average Bonchev–Trinajstić information content (AvgIpc) is 2.55. The molecule has 0 saturated heterocycles. The van der Waals surface area contributed by atoms with Crippen LogP contribution in [0.2, 0.25) is 0 Å². The Hall–Kier alpha value is -3.09. The van der Waals surface area contributed by atoms with E-state index in [1.165, 1.54) is 0 Å². The van der Waals surface area contributed by atoms with Crippen LogP contribution in [0.3, 0.4) is 0 Å². The van der Waals surface area contributed by atoms with E-state index in [2.05, 4.69) is 15.0 Å². The number of fused-ring (bicyclic) bond motifs is 1. The molecule has 0 atom stereocenters. The smallest absolute Gasteiger partial charge is 0.224 e. The molecule has 3 rings (SSSR count). The molecular formula is C16H17N5O2. The van der Waals surface area contributed by atoms with Crippen LogP contribution in [-0.2, 0) is 6.42 Å². The van der Waals surface area contributed by atoms with E-state index in [0.717, 1.165) is 11.1 Å². The number of pyridine rings is 1. The lowest BCUT2D eigenvalue weighted by molar-refractivity contribution is 0.354. The van der Waals surface area contributed by atoms with Crippen molar-refractivity contribution < 1.29 is 9.47 Å². The SMILES string of the molecule is COc1ccc(Cc2cnc3nc(N)nc(N)c3c2)cc1OC. The van der Waals surface area contributed by atoms with Gasteiger partial charge in [-0.1, -0.05) is 6.07 Å². The molecule has 0 aliphatic heterocycles.